The number of aliphatic carboxylic acids is 1. The van der Waals surface area contributed by atoms with Crippen LogP contribution in [0, 0.1) is 16.0 Å². The number of carboxylic acid groups (broad SMARTS) is 1. The molecule has 40 heavy (non-hydrogen) atoms. The molecule has 0 saturated carbocycles. The van der Waals surface area contributed by atoms with Crippen LogP contribution in [0.25, 0.3) is 0 Å². The highest BCUT2D eigenvalue weighted by Gasteiger charge is 2.53. The minimum atomic E-state index is -4.56. The Morgan fingerprint density at radius 1 is 1.25 bits per heavy atom. The van der Waals surface area contributed by atoms with Crippen molar-refractivity contribution in [3.05, 3.63) is 63.2 Å². The van der Waals surface area contributed by atoms with Crippen molar-refractivity contribution in [1.29, 1.82) is 0 Å². The van der Waals surface area contributed by atoms with Gasteiger partial charge in [0, 0.05) is 18.4 Å². The third kappa shape index (κ3) is 7.99. The second-order valence-corrected chi connectivity index (χ2v) is 9.61. The van der Waals surface area contributed by atoms with Crippen molar-refractivity contribution in [3.63, 3.8) is 0 Å². The zero-order chi connectivity index (χ0) is 30.2. The van der Waals surface area contributed by atoms with Crippen LogP contribution in [0.15, 0.2) is 42.0 Å². The number of phenolic OH excluding ortho intramolecular Hbond substituents is 1. The van der Waals surface area contributed by atoms with Gasteiger partial charge in [0.05, 0.1) is 12.5 Å². The SMILES string of the molecule is C=C(C)[C@@H]1CCC(COC(C)=O)=C[C@H]1c1c(O)cccc1C(CC(O[N+](=O)[O-])C(F)(F)C(=O)OCCC)C(=O)O. The third-order valence-electron chi connectivity index (χ3n) is 6.62. The fourth-order valence-electron chi connectivity index (χ4n) is 4.72. The summed E-state index contributed by atoms with van der Waals surface area (Å²) in [6.45, 7) is 8.12. The highest BCUT2D eigenvalue weighted by atomic mass is 19.3. The number of ether oxygens (including phenoxy) is 2. The topological polar surface area (TPSA) is 162 Å². The first-order valence-electron chi connectivity index (χ1n) is 12.6. The average molecular weight is 570 g/mol. The second kappa shape index (κ2) is 13.9. The lowest BCUT2D eigenvalue weighted by atomic mass is 9.71. The molecule has 0 spiro atoms. The van der Waals surface area contributed by atoms with Crippen molar-refractivity contribution < 1.29 is 52.8 Å². The molecule has 2 rings (SSSR count). The number of carbonyl (C=O) groups excluding carboxylic acids is 2. The summed E-state index contributed by atoms with van der Waals surface area (Å²) < 4.78 is 39.6. The van der Waals surface area contributed by atoms with Crippen LogP contribution >= 0.6 is 0 Å². The van der Waals surface area contributed by atoms with Crippen molar-refractivity contribution in [2.75, 3.05) is 13.2 Å². The van der Waals surface area contributed by atoms with Gasteiger partial charge in [0.15, 0.2) is 6.10 Å². The number of aromatic hydroxyl groups is 1. The van der Waals surface area contributed by atoms with Gasteiger partial charge in [-0.3, -0.25) is 9.59 Å². The third-order valence-corrected chi connectivity index (χ3v) is 6.62. The number of hydrogen-bond donors (Lipinski definition) is 2. The highest BCUT2D eigenvalue weighted by Crippen LogP contribution is 2.46. The van der Waals surface area contributed by atoms with Crippen LogP contribution < -0.4 is 0 Å². The lowest BCUT2D eigenvalue weighted by molar-refractivity contribution is -0.773. The molecule has 2 N–H and O–H groups in total. The van der Waals surface area contributed by atoms with Crippen LogP contribution in [-0.4, -0.2) is 58.4 Å². The van der Waals surface area contributed by atoms with Crippen molar-refractivity contribution in [2.24, 2.45) is 5.92 Å². The maximum Gasteiger partial charge on any atom is 0.379 e. The van der Waals surface area contributed by atoms with E-state index in [1.807, 2.05) is 0 Å². The molecule has 0 amide bonds. The zero-order valence-corrected chi connectivity index (χ0v) is 22.4. The molecule has 1 aromatic rings. The Labute approximate surface area is 229 Å². The smallest absolute Gasteiger partial charge is 0.379 e. The summed E-state index contributed by atoms with van der Waals surface area (Å²) in [6, 6.07) is 3.90. The van der Waals surface area contributed by atoms with E-state index in [4.69, 9.17) is 4.74 Å². The van der Waals surface area contributed by atoms with Gasteiger partial charge in [0.1, 0.15) is 12.4 Å². The Morgan fingerprint density at radius 3 is 2.48 bits per heavy atom. The molecule has 0 fully saturated rings. The van der Waals surface area contributed by atoms with E-state index in [2.05, 4.69) is 16.2 Å². The standard InChI is InChI=1S/C27H33F2NO10/c1-5-11-38-26(35)27(28,29)23(40-30(36)37)13-21(25(33)34)19-7-6-8-22(32)24(19)20-12-17(14-39-16(4)31)9-10-18(20)15(2)3/h6-8,12,18,20-21,23,32H,2,5,9-11,13-14H2,1,3-4H3,(H,33,34)/t18-,20+,21?,23?/m0/s1. The van der Waals surface area contributed by atoms with E-state index in [0.29, 0.717) is 24.0 Å². The number of rotatable bonds is 14. The minimum absolute atomic E-state index is 0.0368. The number of alkyl halides is 2. The lowest BCUT2D eigenvalue weighted by Gasteiger charge is -2.34. The zero-order valence-electron chi connectivity index (χ0n) is 22.4. The van der Waals surface area contributed by atoms with Crippen LogP contribution in [0.1, 0.15) is 69.4 Å². The fraction of sp³-hybridized carbons (Fsp3) is 0.519. The first-order chi connectivity index (χ1) is 18.7. The average Bonchev–Trinajstić information content (AvgIpc) is 2.87. The van der Waals surface area contributed by atoms with Gasteiger partial charge in [-0.1, -0.05) is 37.3 Å². The number of carboxylic acids is 1. The number of nitrogens with zero attached hydrogens (tertiary/aromatic N) is 1. The first kappa shape index (κ1) is 32.2. The van der Waals surface area contributed by atoms with Crippen LogP contribution in [0.5, 0.6) is 5.75 Å². The Balaban J connectivity index is 2.63. The van der Waals surface area contributed by atoms with E-state index in [-0.39, 0.29) is 42.4 Å². The summed E-state index contributed by atoms with van der Waals surface area (Å²) in [6.07, 6.45) is -1.06. The Morgan fingerprint density at radius 2 is 1.93 bits per heavy atom. The highest BCUT2D eigenvalue weighted by molar-refractivity contribution is 5.80. The van der Waals surface area contributed by atoms with Crippen LogP contribution in [0.3, 0.4) is 0 Å². The molecular formula is C27H33F2NO10. The van der Waals surface area contributed by atoms with Gasteiger partial charge in [0.25, 0.3) is 5.09 Å². The van der Waals surface area contributed by atoms with Gasteiger partial charge < -0.3 is 24.5 Å². The van der Waals surface area contributed by atoms with Crippen molar-refractivity contribution in [2.45, 2.75) is 70.3 Å². The quantitative estimate of drug-likeness (QED) is 0.139. The molecule has 0 aliphatic heterocycles. The predicted molar refractivity (Wildman–Crippen MR) is 136 cm³/mol. The fourth-order valence-corrected chi connectivity index (χ4v) is 4.72. The molecule has 220 valence electrons. The van der Waals surface area contributed by atoms with E-state index in [0.717, 1.165) is 0 Å². The molecule has 0 heterocycles. The van der Waals surface area contributed by atoms with Gasteiger partial charge in [-0.15, -0.1) is 10.1 Å². The number of phenols is 1. The second-order valence-electron chi connectivity index (χ2n) is 9.61. The summed E-state index contributed by atoms with van der Waals surface area (Å²) in [7, 11) is 0. The molecule has 0 bridgehead atoms. The largest absolute Gasteiger partial charge is 0.508 e. The Bertz CT molecular complexity index is 1170. The molecule has 2 unspecified atom stereocenters. The lowest BCUT2D eigenvalue weighted by Crippen LogP contribution is -2.46. The molecule has 1 aliphatic carbocycles. The molecule has 1 aromatic carbocycles. The van der Waals surface area contributed by atoms with Crippen LogP contribution in [0.4, 0.5) is 8.78 Å². The van der Waals surface area contributed by atoms with E-state index in [9.17, 15) is 43.5 Å². The first-order valence-corrected chi connectivity index (χ1v) is 12.6. The molecule has 11 nitrogen and oxygen atoms in total. The monoisotopic (exact) mass is 569 g/mol. The molecule has 0 aromatic heterocycles. The minimum Gasteiger partial charge on any atom is -0.508 e. The molecular weight excluding hydrogens is 536 g/mol. The molecule has 4 atom stereocenters. The molecule has 1 aliphatic rings. The summed E-state index contributed by atoms with van der Waals surface area (Å²) in [4.78, 5) is 51.0. The molecule has 0 saturated heterocycles. The van der Waals surface area contributed by atoms with Crippen molar-refractivity contribution >= 4 is 17.9 Å². The number of esters is 2. The summed E-state index contributed by atoms with van der Waals surface area (Å²) in [5.41, 5.74) is 1.37. The maximum absolute atomic E-state index is 15.0. The van der Waals surface area contributed by atoms with Gasteiger partial charge in [-0.25, -0.2) is 4.79 Å². The van der Waals surface area contributed by atoms with Gasteiger partial charge in [-0.05, 0) is 55.7 Å². The number of halogens is 2. The molecule has 0 radical (unpaired) electrons. The van der Waals surface area contributed by atoms with Crippen molar-refractivity contribution in [3.8, 4) is 5.75 Å². The number of allylic oxidation sites excluding steroid dienone is 2. The summed E-state index contributed by atoms with van der Waals surface area (Å²) >= 11 is 0. The van der Waals surface area contributed by atoms with Gasteiger partial charge in [0.2, 0.25) is 0 Å². The normalized spacial score (nSPS) is 18.6. The predicted octanol–water partition coefficient (Wildman–Crippen LogP) is 4.68. The summed E-state index contributed by atoms with van der Waals surface area (Å²) in [5, 5.41) is 30.5. The Kier molecular flexibility index (Phi) is 11.1. The van der Waals surface area contributed by atoms with E-state index < -0.39 is 53.3 Å². The number of benzene rings is 1. The van der Waals surface area contributed by atoms with Gasteiger partial charge >= 0.3 is 23.8 Å². The number of carbonyl (C=O) groups is 3. The van der Waals surface area contributed by atoms with Crippen LogP contribution in [-0.2, 0) is 28.7 Å². The summed E-state index contributed by atoms with van der Waals surface area (Å²) in [5.74, 6) is -12.0. The van der Waals surface area contributed by atoms with Crippen molar-refractivity contribution in [1.82, 2.24) is 0 Å². The van der Waals surface area contributed by atoms with E-state index >= 15 is 0 Å². The molecule has 13 heteroatoms. The van der Waals surface area contributed by atoms with Gasteiger partial charge in [-0.2, -0.15) is 8.78 Å². The van der Waals surface area contributed by atoms with Crippen LogP contribution in [0.2, 0.25) is 0 Å². The number of hydrogen-bond acceptors (Lipinski definition) is 9. The maximum atomic E-state index is 15.0. The van der Waals surface area contributed by atoms with E-state index in [1.54, 1.807) is 19.9 Å². The van der Waals surface area contributed by atoms with E-state index in [1.165, 1.54) is 25.1 Å². The Hall–Kier alpha value is -4.03.